The molecule has 8 rings (SSSR count). The second kappa shape index (κ2) is 11.4. The molecule has 3 nitrogen and oxygen atoms in total. The van der Waals surface area contributed by atoms with Gasteiger partial charge in [-0.25, -0.2) is 0 Å². The molecule has 8 aromatic rings. The lowest BCUT2D eigenvalue weighted by molar-refractivity contribution is 0.566. The van der Waals surface area contributed by atoms with Gasteiger partial charge in [-0.05, 0) is 115 Å². The molecule has 0 aromatic heterocycles. The summed E-state index contributed by atoms with van der Waals surface area (Å²) in [7, 11) is 0. The van der Waals surface area contributed by atoms with Crippen molar-refractivity contribution in [1.82, 2.24) is 16.0 Å². The van der Waals surface area contributed by atoms with Crippen LogP contribution in [0.1, 0.15) is 24.0 Å². The van der Waals surface area contributed by atoms with Gasteiger partial charge in [0.2, 0.25) is 0 Å². The van der Waals surface area contributed by atoms with Gasteiger partial charge >= 0.3 is 0 Å². The third-order valence-electron chi connectivity index (χ3n) is 9.28. The zero-order chi connectivity index (χ0) is 28.6. The lowest BCUT2D eigenvalue weighted by Gasteiger charge is -2.14. The molecular formula is C40H37N3. The smallest absolute Gasteiger partial charge is 0.0211 e. The number of benzene rings is 8. The average molecular weight is 560 g/mol. The van der Waals surface area contributed by atoms with Crippen molar-refractivity contribution >= 4 is 64.6 Å². The lowest BCUT2D eigenvalue weighted by atomic mass is 9.92. The average Bonchev–Trinajstić information content (AvgIpc) is 3.06. The van der Waals surface area contributed by atoms with Crippen LogP contribution in [0.25, 0.3) is 64.6 Å². The van der Waals surface area contributed by atoms with Gasteiger partial charge in [-0.3, -0.25) is 0 Å². The molecule has 0 aliphatic rings. The van der Waals surface area contributed by atoms with E-state index >= 15 is 0 Å². The summed E-state index contributed by atoms with van der Waals surface area (Å²) in [6, 6.07) is 40.5. The van der Waals surface area contributed by atoms with Crippen LogP contribution in [0.5, 0.6) is 0 Å². The van der Waals surface area contributed by atoms with Crippen LogP contribution in [-0.4, -0.2) is 26.2 Å². The predicted octanol–water partition coefficient (Wildman–Crippen LogP) is 8.73. The topological polar surface area (TPSA) is 36.1 Å². The summed E-state index contributed by atoms with van der Waals surface area (Å²) in [5.41, 5.74) is 2.77. The molecule has 0 radical (unpaired) electrons. The Hall–Kier alpha value is -4.28. The fourth-order valence-corrected chi connectivity index (χ4v) is 7.15. The molecule has 0 saturated heterocycles. The van der Waals surface area contributed by atoms with Crippen molar-refractivity contribution in [3.05, 3.63) is 120 Å². The van der Waals surface area contributed by atoms with E-state index in [0.717, 1.165) is 52.1 Å². The van der Waals surface area contributed by atoms with Crippen LogP contribution in [0.2, 0.25) is 0 Å². The van der Waals surface area contributed by atoms with Crippen molar-refractivity contribution < 1.29 is 0 Å². The summed E-state index contributed by atoms with van der Waals surface area (Å²) >= 11 is 0. The molecule has 0 fully saturated rings. The van der Waals surface area contributed by atoms with Gasteiger partial charge in [-0.1, -0.05) is 109 Å². The van der Waals surface area contributed by atoms with Gasteiger partial charge in [-0.15, -0.1) is 0 Å². The van der Waals surface area contributed by atoms with Gasteiger partial charge in [0.1, 0.15) is 0 Å². The Morgan fingerprint density at radius 2 is 0.674 bits per heavy atom. The van der Waals surface area contributed by atoms with Crippen LogP contribution in [-0.2, 0) is 13.1 Å². The van der Waals surface area contributed by atoms with Crippen molar-refractivity contribution in [3.63, 3.8) is 0 Å². The maximum Gasteiger partial charge on any atom is 0.0211 e. The Morgan fingerprint density at radius 1 is 0.326 bits per heavy atom. The third kappa shape index (κ3) is 4.84. The van der Waals surface area contributed by atoms with Crippen molar-refractivity contribution in [2.45, 2.75) is 25.9 Å². The van der Waals surface area contributed by atoms with E-state index in [0.29, 0.717) is 0 Å². The Bertz CT molecular complexity index is 1990. The van der Waals surface area contributed by atoms with Gasteiger partial charge in [0.25, 0.3) is 0 Å². The number of hydrogen-bond donors (Lipinski definition) is 3. The predicted molar refractivity (Wildman–Crippen MR) is 186 cm³/mol. The van der Waals surface area contributed by atoms with Crippen molar-refractivity contribution in [2.24, 2.45) is 0 Å². The summed E-state index contributed by atoms with van der Waals surface area (Å²) in [6.45, 7) is 5.92. The quantitative estimate of drug-likeness (QED) is 0.103. The Balaban J connectivity index is 0.786. The molecule has 0 spiro atoms. The van der Waals surface area contributed by atoms with Crippen LogP contribution < -0.4 is 16.0 Å². The molecule has 3 heteroatoms. The minimum Gasteiger partial charge on any atom is -0.317 e. The van der Waals surface area contributed by atoms with E-state index in [1.807, 2.05) is 0 Å². The first kappa shape index (κ1) is 26.4. The third-order valence-corrected chi connectivity index (χ3v) is 9.28. The van der Waals surface area contributed by atoms with E-state index in [1.54, 1.807) is 0 Å². The summed E-state index contributed by atoms with van der Waals surface area (Å²) < 4.78 is 0. The van der Waals surface area contributed by atoms with Crippen LogP contribution in [0, 0.1) is 0 Å². The van der Waals surface area contributed by atoms with Gasteiger partial charge in [0, 0.05) is 13.1 Å². The van der Waals surface area contributed by atoms with Gasteiger partial charge in [0.15, 0.2) is 0 Å². The van der Waals surface area contributed by atoms with E-state index in [2.05, 4.69) is 125 Å². The highest BCUT2D eigenvalue weighted by molar-refractivity contribution is 6.24. The minimum absolute atomic E-state index is 0.904. The lowest BCUT2D eigenvalue weighted by Crippen LogP contribution is -2.25. The van der Waals surface area contributed by atoms with Crippen LogP contribution in [0.3, 0.4) is 0 Å². The SMILES string of the molecule is c1cc2ccc3ccc(CNCCCNCCCNCc4ccc5ccc6cccc7ccc4c5c67)c4ccc(c1)c2c34. The van der Waals surface area contributed by atoms with E-state index in [1.165, 1.54) is 75.8 Å². The molecule has 0 aliphatic carbocycles. The molecule has 0 aliphatic heterocycles. The highest BCUT2D eigenvalue weighted by Gasteiger charge is 2.12. The van der Waals surface area contributed by atoms with Crippen LogP contribution in [0.4, 0.5) is 0 Å². The number of hydrogen-bond acceptors (Lipinski definition) is 3. The molecule has 0 saturated carbocycles. The maximum absolute atomic E-state index is 3.69. The van der Waals surface area contributed by atoms with Crippen molar-refractivity contribution in [1.29, 1.82) is 0 Å². The zero-order valence-corrected chi connectivity index (χ0v) is 24.5. The molecule has 0 heterocycles. The standard InChI is InChI=1S/C40H37N3/c1-5-27-9-11-31-13-15-33(35-19-17-29(7-1)37(27)39(31)35)25-42-23-3-21-41-22-4-24-43-26-34-16-14-32-12-10-28-6-2-8-30-18-20-36(34)40(32)38(28)30/h1-2,5-20,41-43H,3-4,21-26H2. The molecule has 3 N–H and O–H groups in total. The Labute approximate surface area is 252 Å². The fourth-order valence-electron chi connectivity index (χ4n) is 7.15. The monoisotopic (exact) mass is 559 g/mol. The zero-order valence-electron chi connectivity index (χ0n) is 24.5. The molecule has 8 aromatic carbocycles. The molecule has 0 bridgehead atoms. The van der Waals surface area contributed by atoms with Gasteiger partial charge in [0.05, 0.1) is 0 Å². The normalized spacial score (nSPS) is 12.3. The fraction of sp³-hybridized carbons (Fsp3) is 0.200. The molecule has 212 valence electrons. The molecule has 0 unspecified atom stereocenters. The van der Waals surface area contributed by atoms with E-state index in [9.17, 15) is 0 Å². The maximum atomic E-state index is 3.69. The van der Waals surface area contributed by atoms with Crippen LogP contribution >= 0.6 is 0 Å². The van der Waals surface area contributed by atoms with E-state index in [-0.39, 0.29) is 0 Å². The number of rotatable bonds is 12. The van der Waals surface area contributed by atoms with Gasteiger partial charge < -0.3 is 16.0 Å². The molecule has 0 amide bonds. The minimum atomic E-state index is 0.904. The summed E-state index contributed by atoms with van der Waals surface area (Å²) in [6.07, 6.45) is 2.25. The second-order valence-corrected chi connectivity index (χ2v) is 12.0. The molecule has 0 atom stereocenters. The van der Waals surface area contributed by atoms with Crippen molar-refractivity contribution in [2.75, 3.05) is 26.2 Å². The Kier molecular flexibility index (Phi) is 7.00. The van der Waals surface area contributed by atoms with E-state index in [4.69, 9.17) is 0 Å². The molecule has 43 heavy (non-hydrogen) atoms. The van der Waals surface area contributed by atoms with E-state index < -0.39 is 0 Å². The highest BCUT2D eigenvalue weighted by Crippen LogP contribution is 2.37. The van der Waals surface area contributed by atoms with Gasteiger partial charge in [-0.2, -0.15) is 0 Å². The number of nitrogens with one attached hydrogen (secondary N) is 3. The largest absolute Gasteiger partial charge is 0.317 e. The first-order chi connectivity index (χ1) is 21.3. The highest BCUT2D eigenvalue weighted by atomic mass is 14.9. The van der Waals surface area contributed by atoms with Crippen molar-refractivity contribution in [3.8, 4) is 0 Å². The first-order valence-electron chi connectivity index (χ1n) is 15.8. The summed E-state index contributed by atoms with van der Waals surface area (Å²) in [4.78, 5) is 0. The second-order valence-electron chi connectivity index (χ2n) is 12.0. The Morgan fingerprint density at radius 3 is 1.12 bits per heavy atom. The summed E-state index contributed by atoms with van der Waals surface area (Å²) in [5.74, 6) is 0. The first-order valence-corrected chi connectivity index (χ1v) is 15.8. The molecular weight excluding hydrogens is 522 g/mol. The van der Waals surface area contributed by atoms with Crippen LogP contribution in [0.15, 0.2) is 109 Å². The summed E-state index contributed by atoms with van der Waals surface area (Å²) in [5, 5.41) is 27.3.